The van der Waals surface area contributed by atoms with Crippen LogP contribution in [-0.4, -0.2) is 50.8 Å². The smallest absolute Gasteiger partial charge is 0.246 e. The van der Waals surface area contributed by atoms with E-state index in [-0.39, 0.29) is 24.4 Å². The van der Waals surface area contributed by atoms with Crippen molar-refractivity contribution in [3.63, 3.8) is 0 Å². The van der Waals surface area contributed by atoms with Gasteiger partial charge in [0.2, 0.25) is 11.8 Å². The van der Waals surface area contributed by atoms with Crippen molar-refractivity contribution in [3.8, 4) is 0 Å². The molecular formula is C11H18N6O2. The van der Waals surface area contributed by atoms with Crippen LogP contribution in [-0.2, 0) is 16.1 Å². The molecule has 1 aromatic rings. The number of nitrogens with two attached hydrogens (primary N) is 1. The van der Waals surface area contributed by atoms with E-state index in [0.717, 1.165) is 19.4 Å². The van der Waals surface area contributed by atoms with Gasteiger partial charge in [-0.05, 0) is 12.8 Å². The van der Waals surface area contributed by atoms with Crippen molar-refractivity contribution >= 4 is 17.6 Å². The average molecular weight is 266 g/mol. The zero-order valence-corrected chi connectivity index (χ0v) is 10.9. The first-order valence-electron chi connectivity index (χ1n) is 6.25. The number of carbonyl (C=O) groups excluding carboxylic acids is 2. The molecule has 8 heteroatoms. The molecule has 0 aliphatic carbocycles. The van der Waals surface area contributed by atoms with E-state index < -0.39 is 0 Å². The predicted octanol–water partition coefficient (Wildman–Crippen LogP) is -0.814. The lowest BCUT2D eigenvalue weighted by Gasteiger charge is -2.30. The van der Waals surface area contributed by atoms with E-state index in [1.165, 1.54) is 17.9 Å². The van der Waals surface area contributed by atoms with Crippen LogP contribution in [0.15, 0.2) is 6.20 Å². The maximum absolute atomic E-state index is 12.0. The molecule has 2 rings (SSSR count). The number of anilines is 1. The van der Waals surface area contributed by atoms with Crippen molar-refractivity contribution in [2.24, 2.45) is 5.73 Å². The Labute approximate surface area is 110 Å². The number of aromatic nitrogens is 3. The van der Waals surface area contributed by atoms with Crippen molar-refractivity contribution in [3.05, 3.63) is 6.20 Å². The van der Waals surface area contributed by atoms with Gasteiger partial charge in [-0.25, -0.2) is 0 Å². The topological polar surface area (TPSA) is 106 Å². The highest BCUT2D eigenvalue weighted by Crippen LogP contribution is 2.09. The Morgan fingerprint density at radius 3 is 3.05 bits per heavy atom. The van der Waals surface area contributed by atoms with Crippen molar-refractivity contribution in [1.29, 1.82) is 0 Å². The fourth-order valence-corrected chi connectivity index (χ4v) is 2.07. The summed E-state index contributed by atoms with van der Waals surface area (Å²) < 4.78 is 0. The Kier molecular flexibility index (Phi) is 4.10. The number of likely N-dealkylation sites (tertiary alicyclic amines) is 1. The molecule has 0 spiro atoms. The largest absolute Gasteiger partial charge is 0.339 e. The Morgan fingerprint density at radius 2 is 2.37 bits per heavy atom. The summed E-state index contributed by atoms with van der Waals surface area (Å²) in [7, 11) is 0. The lowest BCUT2D eigenvalue weighted by atomic mass is 10.1. The highest BCUT2D eigenvalue weighted by Gasteiger charge is 2.21. The van der Waals surface area contributed by atoms with Crippen LogP contribution in [0.4, 0.5) is 5.82 Å². The van der Waals surface area contributed by atoms with E-state index in [1.54, 1.807) is 4.90 Å². The van der Waals surface area contributed by atoms with E-state index in [1.807, 2.05) is 0 Å². The Balaban J connectivity index is 1.91. The van der Waals surface area contributed by atoms with Gasteiger partial charge in [0.1, 0.15) is 6.54 Å². The third-order valence-corrected chi connectivity index (χ3v) is 2.93. The zero-order chi connectivity index (χ0) is 13.8. The van der Waals surface area contributed by atoms with Crippen molar-refractivity contribution in [1.82, 2.24) is 19.9 Å². The van der Waals surface area contributed by atoms with Gasteiger partial charge in [-0.2, -0.15) is 9.90 Å². The van der Waals surface area contributed by atoms with Crippen LogP contribution in [0.2, 0.25) is 0 Å². The monoisotopic (exact) mass is 266 g/mol. The molecule has 1 aliphatic heterocycles. The summed E-state index contributed by atoms with van der Waals surface area (Å²) in [6.45, 7) is 2.76. The highest BCUT2D eigenvalue weighted by atomic mass is 16.2. The molecule has 0 bridgehead atoms. The molecule has 1 atom stereocenters. The first-order chi connectivity index (χ1) is 9.04. The minimum atomic E-state index is -0.222. The molecule has 1 aliphatic rings. The van der Waals surface area contributed by atoms with E-state index in [0.29, 0.717) is 12.4 Å². The summed E-state index contributed by atoms with van der Waals surface area (Å²) in [6.07, 6.45) is 3.30. The first kappa shape index (κ1) is 13.5. The molecule has 1 saturated heterocycles. The third kappa shape index (κ3) is 3.75. The number of carbonyl (C=O) groups is 2. The van der Waals surface area contributed by atoms with Gasteiger partial charge in [-0.3, -0.25) is 9.59 Å². The molecule has 19 heavy (non-hydrogen) atoms. The van der Waals surface area contributed by atoms with Gasteiger partial charge in [0, 0.05) is 26.1 Å². The van der Waals surface area contributed by atoms with E-state index in [4.69, 9.17) is 5.73 Å². The van der Waals surface area contributed by atoms with Crippen LogP contribution in [0.3, 0.4) is 0 Å². The average Bonchev–Trinajstić information content (AvgIpc) is 2.75. The third-order valence-electron chi connectivity index (χ3n) is 2.93. The van der Waals surface area contributed by atoms with Crippen molar-refractivity contribution < 1.29 is 9.59 Å². The van der Waals surface area contributed by atoms with Crippen LogP contribution < -0.4 is 11.1 Å². The number of amides is 2. The molecule has 2 amide bonds. The summed E-state index contributed by atoms with van der Waals surface area (Å²) in [4.78, 5) is 25.9. The number of nitrogens with zero attached hydrogens (tertiary/aromatic N) is 4. The van der Waals surface area contributed by atoms with E-state index >= 15 is 0 Å². The number of piperidine rings is 1. The molecular weight excluding hydrogens is 248 g/mol. The van der Waals surface area contributed by atoms with Crippen molar-refractivity contribution in [2.45, 2.75) is 32.4 Å². The summed E-state index contributed by atoms with van der Waals surface area (Å²) in [6, 6.07) is 0.0539. The van der Waals surface area contributed by atoms with Gasteiger partial charge >= 0.3 is 0 Å². The lowest BCUT2D eigenvalue weighted by molar-refractivity contribution is -0.133. The van der Waals surface area contributed by atoms with Gasteiger partial charge < -0.3 is 16.0 Å². The fourth-order valence-electron chi connectivity index (χ4n) is 2.07. The quantitative estimate of drug-likeness (QED) is 0.744. The normalized spacial score (nSPS) is 19.3. The van der Waals surface area contributed by atoms with Crippen LogP contribution in [0.5, 0.6) is 0 Å². The van der Waals surface area contributed by atoms with Gasteiger partial charge in [-0.1, -0.05) is 0 Å². The molecule has 0 radical (unpaired) electrons. The van der Waals surface area contributed by atoms with Gasteiger partial charge in [-0.15, -0.1) is 5.10 Å². The summed E-state index contributed by atoms with van der Waals surface area (Å²) in [5.74, 6) is 0.0659. The SMILES string of the molecule is CC(=O)Nc1cnn(CC(=O)N2CCCC(N)C2)n1. The van der Waals surface area contributed by atoms with Crippen LogP contribution >= 0.6 is 0 Å². The highest BCUT2D eigenvalue weighted by molar-refractivity contribution is 5.87. The van der Waals surface area contributed by atoms with Gasteiger partial charge in [0.15, 0.2) is 5.82 Å². The standard InChI is InChI=1S/C11H18N6O2/c1-8(18)14-10-5-13-17(15-10)7-11(19)16-4-2-3-9(12)6-16/h5,9H,2-4,6-7,12H2,1H3,(H,14,15,18). The Bertz CT molecular complexity index is 472. The molecule has 104 valence electrons. The second-order valence-electron chi connectivity index (χ2n) is 4.68. The summed E-state index contributed by atoms with van der Waals surface area (Å²) in [5.41, 5.74) is 5.84. The maximum Gasteiger partial charge on any atom is 0.246 e. The second kappa shape index (κ2) is 5.79. The minimum Gasteiger partial charge on any atom is -0.339 e. The number of rotatable bonds is 3. The molecule has 3 N–H and O–H groups in total. The number of hydrogen-bond acceptors (Lipinski definition) is 5. The molecule has 1 aromatic heterocycles. The molecule has 1 fully saturated rings. The minimum absolute atomic E-state index is 0.0539. The maximum atomic E-state index is 12.0. The molecule has 0 saturated carbocycles. The molecule has 0 aromatic carbocycles. The predicted molar refractivity (Wildman–Crippen MR) is 68.1 cm³/mol. The molecule has 8 nitrogen and oxygen atoms in total. The van der Waals surface area contributed by atoms with Crippen LogP contribution in [0, 0.1) is 0 Å². The number of nitrogens with one attached hydrogen (secondary N) is 1. The van der Waals surface area contributed by atoms with E-state index in [2.05, 4.69) is 15.5 Å². The zero-order valence-electron chi connectivity index (χ0n) is 10.9. The van der Waals surface area contributed by atoms with E-state index in [9.17, 15) is 9.59 Å². The van der Waals surface area contributed by atoms with Crippen molar-refractivity contribution in [2.75, 3.05) is 18.4 Å². The summed E-state index contributed by atoms with van der Waals surface area (Å²) in [5, 5.41) is 10.4. The van der Waals surface area contributed by atoms with Crippen LogP contribution in [0.1, 0.15) is 19.8 Å². The molecule has 2 heterocycles. The van der Waals surface area contributed by atoms with Gasteiger partial charge in [0.25, 0.3) is 0 Å². The fraction of sp³-hybridized carbons (Fsp3) is 0.636. The van der Waals surface area contributed by atoms with Crippen LogP contribution in [0.25, 0.3) is 0 Å². The Hall–Kier alpha value is -1.96. The number of hydrogen-bond donors (Lipinski definition) is 2. The molecule has 1 unspecified atom stereocenters. The second-order valence-corrected chi connectivity index (χ2v) is 4.68. The van der Waals surface area contributed by atoms with Gasteiger partial charge in [0.05, 0.1) is 6.20 Å². The lowest BCUT2D eigenvalue weighted by Crippen LogP contribution is -2.46. The first-order valence-corrected chi connectivity index (χ1v) is 6.25. The summed E-state index contributed by atoms with van der Waals surface area (Å²) >= 11 is 0. The Morgan fingerprint density at radius 1 is 1.58 bits per heavy atom.